The summed E-state index contributed by atoms with van der Waals surface area (Å²) in [5, 5.41) is 0.371. The largest absolute Gasteiger partial charge is 0.490 e. The molecule has 0 saturated heterocycles. The molecule has 0 aliphatic heterocycles. The first-order chi connectivity index (χ1) is 13.7. The topological polar surface area (TPSA) is 18.5 Å². The molecule has 0 fully saturated rings. The molecule has 0 heterocycles. The normalized spacial score (nSPS) is 10.8. The summed E-state index contributed by atoms with van der Waals surface area (Å²) in [6.07, 6.45) is 1.73. The minimum Gasteiger partial charge on any atom is -0.490 e. The summed E-state index contributed by atoms with van der Waals surface area (Å²) >= 11 is 23.8. The number of hydrogen-bond donors (Lipinski definition) is 0. The molecule has 2 aromatic rings. The second kappa shape index (κ2) is 11.4. The molecule has 0 aromatic heterocycles. The van der Waals surface area contributed by atoms with E-state index >= 15 is 0 Å². The highest BCUT2D eigenvalue weighted by Gasteiger charge is 2.19. The predicted octanol–water partition coefficient (Wildman–Crippen LogP) is 7.81. The van der Waals surface area contributed by atoms with Gasteiger partial charge in [0, 0.05) is 24.0 Å². The van der Waals surface area contributed by atoms with Crippen LogP contribution < -0.4 is 9.47 Å². The number of benzene rings is 2. The number of rotatable bonds is 9. The summed E-state index contributed by atoms with van der Waals surface area (Å²) in [5.74, 6) is -5.06. The highest BCUT2D eigenvalue weighted by atomic mass is 35.5. The van der Waals surface area contributed by atoms with Crippen molar-refractivity contribution in [1.29, 1.82) is 0 Å². The molecule has 0 unspecified atom stereocenters. The maximum atomic E-state index is 13.6. The lowest BCUT2D eigenvalue weighted by molar-refractivity contribution is 0.317. The lowest BCUT2D eigenvalue weighted by Crippen LogP contribution is -2.02. The van der Waals surface area contributed by atoms with E-state index in [1.165, 1.54) is 18.2 Å². The van der Waals surface area contributed by atoms with E-state index in [2.05, 4.69) is 0 Å². The zero-order valence-electron chi connectivity index (χ0n) is 14.4. The summed E-state index contributed by atoms with van der Waals surface area (Å²) in [7, 11) is 0. The fourth-order valence-corrected chi connectivity index (χ4v) is 3.66. The Labute approximate surface area is 188 Å². The Morgan fingerprint density at radius 2 is 1.52 bits per heavy atom. The van der Waals surface area contributed by atoms with E-state index in [1.54, 1.807) is 0 Å². The fraction of sp³-hybridized carbons (Fsp3) is 0.222. The van der Waals surface area contributed by atoms with Crippen molar-refractivity contribution in [3.05, 3.63) is 62.1 Å². The van der Waals surface area contributed by atoms with Gasteiger partial charge in [0.25, 0.3) is 0 Å². The molecule has 0 N–H and O–H groups in total. The first-order valence-corrected chi connectivity index (χ1v) is 10.4. The zero-order chi connectivity index (χ0) is 21.6. The summed E-state index contributed by atoms with van der Waals surface area (Å²) in [5.41, 5.74) is 0. The smallest absolute Gasteiger partial charge is 0.175 e. The van der Waals surface area contributed by atoms with Crippen molar-refractivity contribution in [2.75, 3.05) is 19.0 Å². The summed E-state index contributed by atoms with van der Waals surface area (Å²) in [6.45, 7) is 0.207. The Morgan fingerprint density at radius 1 is 0.931 bits per heavy atom. The van der Waals surface area contributed by atoms with E-state index in [4.69, 9.17) is 55.9 Å². The van der Waals surface area contributed by atoms with Gasteiger partial charge in [0.05, 0.1) is 21.5 Å². The molecule has 2 aromatic carbocycles. The molecule has 0 radical (unpaired) electrons. The van der Waals surface area contributed by atoms with Crippen LogP contribution in [0.4, 0.5) is 17.6 Å². The van der Waals surface area contributed by atoms with E-state index in [0.717, 1.165) is 0 Å². The molecule has 158 valence electrons. The van der Waals surface area contributed by atoms with E-state index < -0.39 is 28.2 Å². The second-order valence-corrected chi connectivity index (χ2v) is 8.30. The third kappa shape index (κ3) is 7.03. The van der Waals surface area contributed by atoms with E-state index in [1.807, 2.05) is 0 Å². The third-order valence-electron chi connectivity index (χ3n) is 3.31. The van der Waals surface area contributed by atoms with Gasteiger partial charge in [0.2, 0.25) is 0 Å². The average Bonchev–Trinajstić information content (AvgIpc) is 2.64. The Morgan fingerprint density at radius 3 is 2.07 bits per heavy atom. The van der Waals surface area contributed by atoms with Gasteiger partial charge < -0.3 is 9.47 Å². The quantitative estimate of drug-likeness (QED) is 0.149. The molecule has 11 heteroatoms. The molecule has 0 atom stereocenters. The summed E-state index contributed by atoms with van der Waals surface area (Å²) in [6, 6.07) is 3.12. The lowest BCUT2D eigenvalue weighted by Gasteiger charge is -2.12. The zero-order valence-corrected chi connectivity index (χ0v) is 18.2. The second-order valence-electron chi connectivity index (χ2n) is 5.37. The van der Waals surface area contributed by atoms with Crippen LogP contribution in [-0.2, 0) is 0 Å². The Hall–Kier alpha value is -0.990. The van der Waals surface area contributed by atoms with Crippen LogP contribution in [0.25, 0.3) is 0 Å². The van der Waals surface area contributed by atoms with Crippen molar-refractivity contribution in [2.24, 2.45) is 0 Å². The van der Waals surface area contributed by atoms with Gasteiger partial charge >= 0.3 is 0 Å². The Bertz CT molecular complexity index is 859. The highest BCUT2D eigenvalue weighted by Crippen LogP contribution is 2.37. The number of halogens is 8. The molecule has 2 rings (SSSR count). The standard InChI is InChI=1S/C18H12Cl4F4O2S/c19-10-6-9(27-4-2-14(21)22)7-11(20)17(10)28-3-1-5-29-18-15(25)12(23)8-13(24)16(18)26/h2,6-8H,1,3-5H2. The van der Waals surface area contributed by atoms with Crippen LogP contribution in [0.5, 0.6) is 11.5 Å². The van der Waals surface area contributed by atoms with Crippen LogP contribution >= 0.6 is 58.2 Å². The SMILES string of the molecule is Fc1cc(F)c(F)c(SCCCOc2c(Cl)cc(OCC=C(Cl)Cl)cc2Cl)c1F. The molecule has 0 saturated carbocycles. The van der Waals surface area contributed by atoms with Gasteiger partial charge in [0.15, 0.2) is 29.0 Å². The number of ether oxygens (including phenoxy) is 2. The van der Waals surface area contributed by atoms with Gasteiger partial charge in [0.1, 0.15) is 16.8 Å². The van der Waals surface area contributed by atoms with Gasteiger partial charge in [-0.1, -0.05) is 46.4 Å². The Balaban J connectivity index is 1.89. The van der Waals surface area contributed by atoms with Crippen LogP contribution in [0.2, 0.25) is 10.0 Å². The molecular formula is C18H12Cl4F4O2S. The Kier molecular flexibility index (Phi) is 9.56. The van der Waals surface area contributed by atoms with Gasteiger partial charge in [-0.15, -0.1) is 11.8 Å². The first-order valence-electron chi connectivity index (χ1n) is 7.92. The third-order valence-corrected chi connectivity index (χ3v) is 5.32. The summed E-state index contributed by atoms with van der Waals surface area (Å²) in [4.78, 5) is -0.717. The van der Waals surface area contributed by atoms with Gasteiger partial charge in [-0.2, -0.15) is 0 Å². The molecule has 0 aliphatic rings. The van der Waals surface area contributed by atoms with Crippen molar-refractivity contribution in [3.63, 3.8) is 0 Å². The summed E-state index contributed by atoms with van der Waals surface area (Å²) < 4.78 is 64.5. The van der Waals surface area contributed by atoms with Crippen molar-refractivity contribution in [3.8, 4) is 11.5 Å². The molecule has 0 spiro atoms. The van der Waals surface area contributed by atoms with E-state index in [0.29, 0.717) is 23.9 Å². The number of hydrogen-bond acceptors (Lipinski definition) is 3. The van der Waals surface area contributed by atoms with Gasteiger partial charge in [-0.25, -0.2) is 17.6 Å². The minimum absolute atomic E-state index is 0.0563. The van der Waals surface area contributed by atoms with Gasteiger partial charge in [-0.05, 0) is 12.5 Å². The first kappa shape index (κ1) is 24.3. The molecule has 0 aliphatic carbocycles. The molecule has 0 amide bonds. The van der Waals surface area contributed by atoms with Crippen LogP contribution in [0.3, 0.4) is 0 Å². The average molecular weight is 510 g/mol. The maximum Gasteiger partial charge on any atom is 0.175 e. The monoisotopic (exact) mass is 508 g/mol. The molecule has 0 bridgehead atoms. The fourth-order valence-electron chi connectivity index (χ4n) is 2.04. The maximum absolute atomic E-state index is 13.6. The van der Waals surface area contributed by atoms with Crippen molar-refractivity contribution in [1.82, 2.24) is 0 Å². The predicted molar refractivity (Wildman–Crippen MR) is 109 cm³/mol. The van der Waals surface area contributed by atoms with Crippen molar-refractivity contribution >= 4 is 58.2 Å². The number of thioether (sulfide) groups is 1. The highest BCUT2D eigenvalue weighted by molar-refractivity contribution is 7.99. The molecule has 29 heavy (non-hydrogen) atoms. The van der Waals surface area contributed by atoms with Gasteiger partial charge in [-0.3, -0.25) is 0 Å². The van der Waals surface area contributed by atoms with Crippen molar-refractivity contribution < 1.29 is 27.0 Å². The molecular weight excluding hydrogens is 498 g/mol. The minimum atomic E-state index is -1.45. The van der Waals surface area contributed by atoms with E-state index in [-0.39, 0.29) is 45.3 Å². The molecule has 2 nitrogen and oxygen atoms in total. The van der Waals surface area contributed by atoms with Crippen LogP contribution in [0.1, 0.15) is 6.42 Å². The van der Waals surface area contributed by atoms with E-state index in [9.17, 15) is 17.6 Å². The van der Waals surface area contributed by atoms with Crippen molar-refractivity contribution in [2.45, 2.75) is 11.3 Å². The van der Waals surface area contributed by atoms with Crippen LogP contribution in [0.15, 0.2) is 33.7 Å². The van der Waals surface area contributed by atoms with Crippen LogP contribution in [0, 0.1) is 23.3 Å². The van der Waals surface area contributed by atoms with Crippen LogP contribution in [-0.4, -0.2) is 19.0 Å². The lowest BCUT2D eigenvalue weighted by atomic mass is 10.3.